The molecular formula is C32H28N4O3S. The number of benzene rings is 2. The average molecular weight is 549 g/mol. The summed E-state index contributed by atoms with van der Waals surface area (Å²) in [5.74, 6) is 1.16. The summed E-state index contributed by atoms with van der Waals surface area (Å²) < 4.78 is 14.2. The van der Waals surface area contributed by atoms with Gasteiger partial charge in [-0.15, -0.1) is 11.3 Å². The second-order valence-corrected chi connectivity index (χ2v) is 11.1. The normalized spacial score (nSPS) is 14.3. The van der Waals surface area contributed by atoms with Crippen LogP contribution < -0.4 is 4.74 Å². The third kappa shape index (κ3) is 4.55. The lowest BCUT2D eigenvalue weighted by molar-refractivity contribution is 0.0596. The largest absolute Gasteiger partial charge is 0.497 e. The lowest BCUT2D eigenvalue weighted by Gasteiger charge is -2.34. The van der Waals surface area contributed by atoms with E-state index >= 15 is 0 Å². The number of piperazine rings is 1. The van der Waals surface area contributed by atoms with Crippen molar-refractivity contribution in [1.29, 1.82) is 0 Å². The molecule has 2 aromatic carbocycles. The lowest BCUT2D eigenvalue weighted by atomic mass is 10.1. The Hall–Kier alpha value is -4.40. The van der Waals surface area contributed by atoms with Crippen LogP contribution in [0.2, 0.25) is 0 Å². The first-order chi connectivity index (χ1) is 19.7. The van der Waals surface area contributed by atoms with Gasteiger partial charge in [-0.05, 0) is 66.0 Å². The quantitative estimate of drug-likeness (QED) is 0.240. The molecule has 0 bridgehead atoms. The number of ether oxygens (including phenoxy) is 1. The summed E-state index contributed by atoms with van der Waals surface area (Å²) in [5, 5.41) is 1.26. The van der Waals surface area contributed by atoms with E-state index in [0.29, 0.717) is 18.8 Å². The van der Waals surface area contributed by atoms with Gasteiger partial charge >= 0.3 is 0 Å². The minimum atomic E-state index is -0.0497. The number of methoxy groups -OCH3 is 1. The molecule has 7 rings (SSSR count). The molecule has 7 nitrogen and oxygen atoms in total. The summed E-state index contributed by atoms with van der Waals surface area (Å²) in [6, 6.07) is 26.6. The fourth-order valence-corrected chi connectivity index (χ4v) is 6.42. The molecule has 0 spiro atoms. The Kier molecular flexibility index (Phi) is 6.34. The Morgan fingerprint density at radius 3 is 2.50 bits per heavy atom. The van der Waals surface area contributed by atoms with E-state index in [9.17, 15) is 4.79 Å². The molecule has 1 fully saturated rings. The van der Waals surface area contributed by atoms with E-state index in [-0.39, 0.29) is 5.91 Å². The van der Waals surface area contributed by atoms with E-state index in [0.717, 1.165) is 48.0 Å². The molecule has 40 heavy (non-hydrogen) atoms. The predicted octanol–water partition coefficient (Wildman–Crippen LogP) is 6.44. The van der Waals surface area contributed by atoms with Crippen molar-refractivity contribution >= 4 is 33.0 Å². The van der Waals surface area contributed by atoms with Gasteiger partial charge in [0.2, 0.25) is 0 Å². The first-order valence-corrected chi connectivity index (χ1v) is 14.2. The van der Waals surface area contributed by atoms with E-state index in [1.807, 2.05) is 17.0 Å². The summed E-state index contributed by atoms with van der Waals surface area (Å²) in [7, 11) is 1.68. The fourth-order valence-electron chi connectivity index (χ4n) is 5.37. The number of carbonyl (C=O) groups excluding carboxylic acids is 1. The van der Waals surface area contributed by atoms with Crippen LogP contribution in [-0.4, -0.2) is 58.4 Å². The van der Waals surface area contributed by atoms with E-state index in [1.54, 1.807) is 36.8 Å². The SMILES string of the molecule is COc1ccc(-c2nc3ccc(-c4cc5ccccc5s4)cn3c2CN2CCN(C(=O)c3ccco3)CC2)cc1. The number of fused-ring (bicyclic) bond motifs is 2. The van der Waals surface area contributed by atoms with E-state index in [4.69, 9.17) is 14.1 Å². The Morgan fingerprint density at radius 1 is 0.950 bits per heavy atom. The first kappa shape index (κ1) is 24.6. The minimum absolute atomic E-state index is 0.0497. The third-order valence-electron chi connectivity index (χ3n) is 7.56. The topological polar surface area (TPSA) is 63.2 Å². The highest BCUT2D eigenvalue weighted by atomic mass is 32.1. The van der Waals surface area contributed by atoms with Gasteiger partial charge in [-0.3, -0.25) is 9.69 Å². The minimum Gasteiger partial charge on any atom is -0.497 e. The smallest absolute Gasteiger partial charge is 0.289 e. The number of imidazole rings is 1. The summed E-state index contributed by atoms with van der Waals surface area (Å²) >= 11 is 1.81. The third-order valence-corrected chi connectivity index (χ3v) is 8.72. The van der Waals surface area contributed by atoms with Crippen molar-refractivity contribution in [3.8, 4) is 27.4 Å². The molecule has 4 aromatic heterocycles. The molecule has 200 valence electrons. The number of carbonyl (C=O) groups is 1. The first-order valence-electron chi connectivity index (χ1n) is 13.4. The molecule has 6 aromatic rings. The van der Waals surface area contributed by atoms with Crippen LogP contribution in [0.25, 0.3) is 37.4 Å². The lowest BCUT2D eigenvalue weighted by Crippen LogP contribution is -2.48. The number of thiophene rings is 1. The van der Waals surface area contributed by atoms with Crippen LogP contribution in [0.1, 0.15) is 16.2 Å². The summed E-state index contributed by atoms with van der Waals surface area (Å²) in [6.45, 7) is 3.58. The van der Waals surface area contributed by atoms with Crippen LogP contribution in [0.3, 0.4) is 0 Å². The van der Waals surface area contributed by atoms with Gasteiger partial charge in [0.05, 0.1) is 24.8 Å². The van der Waals surface area contributed by atoms with Gasteiger partial charge < -0.3 is 18.5 Å². The maximum Gasteiger partial charge on any atom is 0.289 e. The Balaban J connectivity index is 1.23. The molecule has 0 unspecified atom stereocenters. The Labute approximate surface area is 235 Å². The van der Waals surface area contributed by atoms with E-state index in [2.05, 4.69) is 70.1 Å². The summed E-state index contributed by atoms with van der Waals surface area (Å²) in [6.07, 6.45) is 3.76. The standard InChI is InChI=1S/C32H28N4O3S/c1-38-25-11-8-22(9-12-25)31-26(21-34-14-16-35(17-15-34)32(37)27-6-4-18-39-27)36-20-24(10-13-30(36)33-31)29-19-23-5-2-3-7-28(23)40-29/h2-13,18-20H,14-17,21H2,1H3. The molecule has 8 heteroatoms. The van der Waals surface area contributed by atoms with Crippen molar-refractivity contribution in [1.82, 2.24) is 19.2 Å². The van der Waals surface area contributed by atoms with Gasteiger partial charge in [0.25, 0.3) is 5.91 Å². The van der Waals surface area contributed by atoms with Gasteiger partial charge in [-0.2, -0.15) is 0 Å². The number of pyridine rings is 1. The number of aromatic nitrogens is 2. The van der Waals surface area contributed by atoms with Crippen LogP contribution in [0.4, 0.5) is 0 Å². The van der Waals surface area contributed by atoms with Crippen LogP contribution in [0, 0.1) is 0 Å². The Morgan fingerprint density at radius 2 is 1.75 bits per heavy atom. The number of amides is 1. The van der Waals surface area contributed by atoms with Gasteiger partial charge in [0.1, 0.15) is 11.4 Å². The average Bonchev–Trinajstić information content (AvgIpc) is 3.76. The van der Waals surface area contributed by atoms with Crippen molar-refractivity contribution < 1.29 is 13.9 Å². The van der Waals surface area contributed by atoms with Gasteiger partial charge in [-0.25, -0.2) is 4.98 Å². The van der Waals surface area contributed by atoms with Gasteiger partial charge in [0, 0.05) is 59.6 Å². The fraction of sp³-hybridized carbons (Fsp3) is 0.188. The second kappa shape index (κ2) is 10.3. The van der Waals surface area contributed by atoms with Gasteiger partial charge in [-0.1, -0.05) is 18.2 Å². The number of hydrogen-bond donors (Lipinski definition) is 0. The molecule has 5 heterocycles. The highest BCUT2D eigenvalue weighted by Gasteiger charge is 2.25. The molecule has 0 aliphatic carbocycles. The monoisotopic (exact) mass is 548 g/mol. The molecule has 1 saturated heterocycles. The van der Waals surface area contributed by atoms with Crippen LogP contribution in [0.15, 0.2) is 95.7 Å². The molecule has 0 radical (unpaired) electrons. The zero-order valence-electron chi connectivity index (χ0n) is 22.1. The number of rotatable bonds is 6. The number of nitrogens with zero attached hydrogens (tertiary/aromatic N) is 4. The zero-order valence-corrected chi connectivity index (χ0v) is 22.9. The summed E-state index contributed by atoms with van der Waals surface area (Å²) in [4.78, 5) is 23.4. The molecule has 1 aliphatic rings. The number of hydrogen-bond acceptors (Lipinski definition) is 6. The molecule has 1 aliphatic heterocycles. The molecule has 0 N–H and O–H groups in total. The maximum atomic E-state index is 12.8. The van der Waals surface area contributed by atoms with Crippen molar-refractivity contribution in [3.05, 3.63) is 103 Å². The zero-order chi connectivity index (χ0) is 27.1. The van der Waals surface area contributed by atoms with Crippen molar-refractivity contribution in [2.45, 2.75) is 6.54 Å². The molecule has 0 atom stereocenters. The predicted molar refractivity (Wildman–Crippen MR) is 158 cm³/mol. The van der Waals surface area contributed by atoms with Crippen LogP contribution in [0.5, 0.6) is 5.75 Å². The second-order valence-electron chi connectivity index (χ2n) is 9.98. The summed E-state index contributed by atoms with van der Waals surface area (Å²) in [5.41, 5.74) is 5.23. The van der Waals surface area contributed by atoms with Crippen molar-refractivity contribution in [3.63, 3.8) is 0 Å². The number of furan rings is 1. The molecule has 1 amide bonds. The highest BCUT2D eigenvalue weighted by Crippen LogP contribution is 2.35. The van der Waals surface area contributed by atoms with Crippen molar-refractivity contribution in [2.24, 2.45) is 0 Å². The maximum absolute atomic E-state index is 12.8. The molecule has 0 saturated carbocycles. The van der Waals surface area contributed by atoms with Gasteiger partial charge in [0.15, 0.2) is 5.76 Å². The molecular weight excluding hydrogens is 520 g/mol. The Bertz CT molecular complexity index is 1760. The van der Waals surface area contributed by atoms with E-state index in [1.165, 1.54) is 20.5 Å². The van der Waals surface area contributed by atoms with Crippen molar-refractivity contribution in [2.75, 3.05) is 33.3 Å². The van der Waals surface area contributed by atoms with Crippen LogP contribution in [-0.2, 0) is 6.54 Å². The van der Waals surface area contributed by atoms with Crippen LogP contribution >= 0.6 is 11.3 Å². The highest BCUT2D eigenvalue weighted by molar-refractivity contribution is 7.22. The van der Waals surface area contributed by atoms with E-state index < -0.39 is 0 Å².